The van der Waals surface area contributed by atoms with Crippen molar-refractivity contribution in [2.24, 2.45) is 0 Å². The van der Waals surface area contributed by atoms with Crippen molar-refractivity contribution in [3.8, 4) is 0 Å². The average molecular weight is 1020 g/mol. The van der Waals surface area contributed by atoms with E-state index in [1.165, 1.54) is 167 Å². The van der Waals surface area contributed by atoms with Crippen molar-refractivity contribution in [1.29, 1.82) is 0 Å². The third kappa shape index (κ3) is 59.3. The first-order chi connectivity index (χ1) is 36.0. The van der Waals surface area contributed by atoms with Crippen LogP contribution < -0.4 is 0 Å². The molecule has 0 aliphatic carbocycles. The molecule has 0 aromatic carbocycles. The average Bonchev–Trinajstić information content (AvgIpc) is 3.39. The fraction of sp³-hybridized carbons (Fsp3) is 0.746. The number of ether oxygens (including phenoxy) is 3. The van der Waals surface area contributed by atoms with Crippen LogP contribution in [-0.2, 0) is 28.6 Å². The molecule has 1 atom stereocenters. The molecule has 0 rings (SSSR count). The second kappa shape index (κ2) is 61.1. The van der Waals surface area contributed by atoms with Crippen LogP contribution in [0, 0.1) is 0 Å². The van der Waals surface area contributed by atoms with E-state index in [0.29, 0.717) is 19.3 Å². The Morgan fingerprint density at radius 1 is 0.288 bits per heavy atom. The number of hydrogen-bond acceptors (Lipinski definition) is 6. The highest BCUT2D eigenvalue weighted by atomic mass is 16.6. The van der Waals surface area contributed by atoms with Gasteiger partial charge in [-0.1, -0.05) is 273 Å². The van der Waals surface area contributed by atoms with Gasteiger partial charge in [0.15, 0.2) is 6.10 Å². The molecule has 0 saturated heterocycles. The maximum atomic E-state index is 12.9. The van der Waals surface area contributed by atoms with Gasteiger partial charge < -0.3 is 14.2 Å². The summed E-state index contributed by atoms with van der Waals surface area (Å²) in [5, 5.41) is 0. The first-order valence-corrected chi connectivity index (χ1v) is 31.1. The Balaban J connectivity index is 4.44. The van der Waals surface area contributed by atoms with E-state index in [9.17, 15) is 14.4 Å². The lowest BCUT2D eigenvalue weighted by molar-refractivity contribution is -0.167. The molecular formula is C67H116O6. The van der Waals surface area contributed by atoms with Crippen LogP contribution in [0.15, 0.2) is 85.1 Å². The van der Waals surface area contributed by atoms with Crippen LogP contribution in [0.4, 0.5) is 0 Å². The molecule has 420 valence electrons. The zero-order valence-electron chi connectivity index (χ0n) is 48.1. The van der Waals surface area contributed by atoms with Crippen molar-refractivity contribution in [3.63, 3.8) is 0 Å². The summed E-state index contributed by atoms with van der Waals surface area (Å²) in [5.74, 6) is -0.924. The molecular weight excluding hydrogens is 901 g/mol. The fourth-order valence-electron chi connectivity index (χ4n) is 8.74. The predicted octanol–water partition coefficient (Wildman–Crippen LogP) is 21.1. The van der Waals surface area contributed by atoms with E-state index in [4.69, 9.17) is 14.2 Å². The van der Waals surface area contributed by atoms with Gasteiger partial charge >= 0.3 is 17.9 Å². The van der Waals surface area contributed by atoms with E-state index in [2.05, 4.69) is 106 Å². The van der Waals surface area contributed by atoms with Gasteiger partial charge in [-0.05, 0) is 96.3 Å². The molecule has 0 N–H and O–H groups in total. The van der Waals surface area contributed by atoms with Crippen LogP contribution in [0.3, 0.4) is 0 Å². The summed E-state index contributed by atoms with van der Waals surface area (Å²) in [6.45, 7) is 6.52. The highest BCUT2D eigenvalue weighted by molar-refractivity contribution is 5.71. The topological polar surface area (TPSA) is 78.9 Å². The third-order valence-corrected chi connectivity index (χ3v) is 13.4. The molecule has 0 saturated carbocycles. The van der Waals surface area contributed by atoms with E-state index in [0.717, 1.165) is 96.3 Å². The Bertz CT molecular complexity index is 1400. The van der Waals surface area contributed by atoms with E-state index >= 15 is 0 Å². The molecule has 6 heteroatoms. The first kappa shape index (κ1) is 69.6. The van der Waals surface area contributed by atoms with E-state index < -0.39 is 6.10 Å². The van der Waals surface area contributed by atoms with E-state index in [-0.39, 0.29) is 31.1 Å². The lowest BCUT2D eigenvalue weighted by Gasteiger charge is -2.18. The summed E-state index contributed by atoms with van der Waals surface area (Å²) in [6, 6.07) is 0. The molecule has 0 aliphatic rings. The monoisotopic (exact) mass is 1020 g/mol. The maximum absolute atomic E-state index is 12.9. The number of esters is 3. The zero-order chi connectivity index (χ0) is 52.9. The number of allylic oxidation sites excluding steroid dienone is 14. The summed E-state index contributed by atoms with van der Waals surface area (Å²) >= 11 is 0. The molecule has 0 aromatic rings. The number of rotatable bonds is 56. The van der Waals surface area contributed by atoms with Crippen molar-refractivity contribution < 1.29 is 28.6 Å². The van der Waals surface area contributed by atoms with E-state index in [1.54, 1.807) is 0 Å². The van der Waals surface area contributed by atoms with Crippen molar-refractivity contribution in [3.05, 3.63) is 85.1 Å². The number of carbonyl (C=O) groups excluding carboxylic acids is 3. The van der Waals surface area contributed by atoms with Gasteiger partial charge in [0.2, 0.25) is 0 Å². The maximum Gasteiger partial charge on any atom is 0.306 e. The van der Waals surface area contributed by atoms with Crippen molar-refractivity contribution in [2.45, 2.75) is 309 Å². The van der Waals surface area contributed by atoms with Crippen LogP contribution >= 0.6 is 0 Å². The number of hydrogen-bond donors (Lipinski definition) is 0. The van der Waals surface area contributed by atoms with Crippen molar-refractivity contribution >= 4 is 17.9 Å². The first-order valence-electron chi connectivity index (χ1n) is 31.1. The van der Waals surface area contributed by atoms with Gasteiger partial charge in [-0.3, -0.25) is 14.4 Å². The van der Waals surface area contributed by atoms with Crippen molar-refractivity contribution in [1.82, 2.24) is 0 Å². The summed E-state index contributed by atoms with van der Waals surface area (Å²) in [5.41, 5.74) is 0. The lowest BCUT2D eigenvalue weighted by Crippen LogP contribution is -2.30. The molecule has 0 heterocycles. The summed E-state index contributed by atoms with van der Waals surface area (Å²) in [4.78, 5) is 38.3. The van der Waals surface area contributed by atoms with Crippen LogP contribution in [-0.4, -0.2) is 37.2 Å². The molecule has 0 fully saturated rings. The smallest absolute Gasteiger partial charge is 0.306 e. The Kier molecular flexibility index (Phi) is 58.3. The lowest BCUT2D eigenvalue weighted by atomic mass is 10.0. The van der Waals surface area contributed by atoms with Gasteiger partial charge in [-0.25, -0.2) is 0 Å². The van der Waals surface area contributed by atoms with Gasteiger partial charge in [-0.15, -0.1) is 0 Å². The fourth-order valence-corrected chi connectivity index (χ4v) is 8.74. The van der Waals surface area contributed by atoms with Gasteiger partial charge in [0.25, 0.3) is 0 Å². The minimum atomic E-state index is -0.795. The SMILES string of the molecule is CC/C=C\C/C=C\C/C=C\C/C=C\C/C=C\C/C=C\CCCCC(=O)OCC(COC(=O)CCCCCCCCCCCCCCCCC)OC(=O)CCCCCCCCCCC/C=C\CCCCCCCC. The van der Waals surface area contributed by atoms with Gasteiger partial charge in [0.05, 0.1) is 0 Å². The third-order valence-electron chi connectivity index (χ3n) is 13.4. The largest absolute Gasteiger partial charge is 0.462 e. The van der Waals surface area contributed by atoms with Crippen molar-refractivity contribution in [2.75, 3.05) is 13.2 Å². The Labute approximate surface area is 452 Å². The molecule has 0 aliphatic heterocycles. The molecule has 0 amide bonds. The molecule has 0 bridgehead atoms. The molecule has 0 radical (unpaired) electrons. The highest BCUT2D eigenvalue weighted by Gasteiger charge is 2.19. The molecule has 73 heavy (non-hydrogen) atoms. The second-order valence-electron chi connectivity index (χ2n) is 20.6. The quantitative estimate of drug-likeness (QED) is 0.0261. The van der Waals surface area contributed by atoms with Crippen LogP contribution in [0.25, 0.3) is 0 Å². The van der Waals surface area contributed by atoms with Crippen LogP contribution in [0.5, 0.6) is 0 Å². The summed E-state index contributed by atoms with van der Waals surface area (Å²) < 4.78 is 16.9. The minimum absolute atomic E-state index is 0.0885. The molecule has 0 aromatic heterocycles. The second-order valence-corrected chi connectivity index (χ2v) is 20.6. The van der Waals surface area contributed by atoms with Crippen LogP contribution in [0.2, 0.25) is 0 Å². The summed E-state index contributed by atoms with van der Waals surface area (Å²) in [7, 11) is 0. The van der Waals surface area contributed by atoms with Gasteiger partial charge in [-0.2, -0.15) is 0 Å². The Morgan fingerprint density at radius 3 is 0.877 bits per heavy atom. The highest BCUT2D eigenvalue weighted by Crippen LogP contribution is 2.16. The molecule has 6 nitrogen and oxygen atoms in total. The Hall–Kier alpha value is -3.41. The minimum Gasteiger partial charge on any atom is -0.462 e. The molecule has 1 unspecified atom stereocenters. The van der Waals surface area contributed by atoms with E-state index in [1.807, 2.05) is 0 Å². The Morgan fingerprint density at radius 2 is 0.534 bits per heavy atom. The molecule has 0 spiro atoms. The van der Waals surface area contributed by atoms with Gasteiger partial charge in [0.1, 0.15) is 13.2 Å². The number of unbranched alkanes of at least 4 members (excludes halogenated alkanes) is 31. The normalized spacial score (nSPS) is 12.6. The standard InChI is InChI=1S/C67H116O6/c1-4-7-10-13-16-19-22-25-28-30-32-33-35-36-39-42-45-48-51-54-57-60-66(69)72-63-64(62-71-65(68)59-56-53-50-47-44-41-38-27-24-21-18-15-12-9-6-3)73-67(70)61-58-55-52-49-46-43-40-37-34-31-29-26-23-20-17-14-11-8-5-2/h7,10,16,19,25-26,28-29,32-33,36,39,45,48,64H,4-6,8-9,11-15,17-18,20-24,27,30-31,34-35,37-38,40-44,46-47,49-63H2,1-3H3/b10-7-,19-16-,28-25-,29-26-,33-32-,39-36-,48-45-. The van der Waals surface area contributed by atoms with Gasteiger partial charge in [0, 0.05) is 19.3 Å². The summed E-state index contributed by atoms with van der Waals surface area (Å²) in [6.07, 6.45) is 80.1. The predicted molar refractivity (Wildman–Crippen MR) is 316 cm³/mol. The zero-order valence-corrected chi connectivity index (χ0v) is 48.1. The van der Waals surface area contributed by atoms with Crippen LogP contribution in [0.1, 0.15) is 303 Å². The number of carbonyl (C=O) groups is 3.